The molecule has 3 rings (SSSR count). The lowest BCUT2D eigenvalue weighted by molar-refractivity contribution is -0.124. The summed E-state index contributed by atoms with van der Waals surface area (Å²) in [7, 11) is 0. The third-order valence-corrected chi connectivity index (χ3v) is 4.97. The number of carbonyl (C=O) groups excluding carboxylic acids is 2. The topological polar surface area (TPSA) is 78.4 Å². The molecule has 0 unspecified atom stereocenters. The van der Waals surface area contributed by atoms with Crippen LogP contribution in [0.1, 0.15) is 21.5 Å². The van der Waals surface area contributed by atoms with Crippen LogP contribution in [-0.2, 0) is 17.6 Å². The van der Waals surface area contributed by atoms with Gasteiger partial charge in [-0.3, -0.25) is 9.59 Å². The molecule has 32 heavy (non-hydrogen) atoms. The van der Waals surface area contributed by atoms with Crippen LogP contribution in [0.5, 0.6) is 0 Å². The van der Waals surface area contributed by atoms with E-state index >= 15 is 0 Å². The van der Waals surface area contributed by atoms with Gasteiger partial charge in [-0.15, -0.1) is 0 Å². The molecular formula is C25H24F2N2O3. The number of aliphatic hydroxyl groups excluding tert-OH is 1. The van der Waals surface area contributed by atoms with E-state index in [1.54, 1.807) is 0 Å². The van der Waals surface area contributed by atoms with Gasteiger partial charge in [-0.1, -0.05) is 42.5 Å². The number of aliphatic hydroxyl groups is 1. The van der Waals surface area contributed by atoms with Crippen molar-refractivity contribution in [3.8, 4) is 0 Å². The number of hydrogen-bond acceptors (Lipinski definition) is 3. The van der Waals surface area contributed by atoms with E-state index in [-0.39, 0.29) is 18.6 Å². The van der Waals surface area contributed by atoms with Crippen LogP contribution in [0.2, 0.25) is 0 Å². The smallest absolute Gasteiger partial charge is 0.251 e. The van der Waals surface area contributed by atoms with Crippen molar-refractivity contribution in [2.75, 3.05) is 6.61 Å². The summed E-state index contributed by atoms with van der Waals surface area (Å²) in [5, 5.41) is 15.2. The fraction of sp³-hybridized carbons (Fsp3) is 0.200. The van der Waals surface area contributed by atoms with Crippen molar-refractivity contribution in [3.63, 3.8) is 0 Å². The number of nitrogens with one attached hydrogen (secondary N) is 2. The molecule has 0 radical (unpaired) electrons. The van der Waals surface area contributed by atoms with E-state index in [1.807, 2.05) is 30.3 Å². The van der Waals surface area contributed by atoms with Gasteiger partial charge < -0.3 is 15.7 Å². The van der Waals surface area contributed by atoms with Crippen molar-refractivity contribution < 1.29 is 23.5 Å². The molecular weight excluding hydrogens is 414 g/mol. The minimum absolute atomic E-state index is 0.114. The highest BCUT2D eigenvalue weighted by molar-refractivity contribution is 5.97. The number of hydrogen-bond donors (Lipinski definition) is 3. The van der Waals surface area contributed by atoms with E-state index < -0.39 is 35.5 Å². The first-order chi connectivity index (χ1) is 15.4. The summed E-state index contributed by atoms with van der Waals surface area (Å²) < 4.78 is 26.4. The molecule has 3 aromatic carbocycles. The number of halogens is 2. The fourth-order valence-electron chi connectivity index (χ4n) is 3.27. The molecule has 0 aliphatic heterocycles. The van der Waals surface area contributed by atoms with Gasteiger partial charge >= 0.3 is 0 Å². The van der Waals surface area contributed by atoms with Gasteiger partial charge in [-0.05, 0) is 53.9 Å². The van der Waals surface area contributed by atoms with Crippen LogP contribution in [0.4, 0.5) is 8.78 Å². The standard InChI is InChI=1S/C25H24F2N2O3/c26-20-10-6-18(7-11-20)15-23(29-24(31)19-8-12-21(27)13-9-19)25(32)28-22(16-30)14-17-4-2-1-3-5-17/h1-13,22-23,30H,14-16H2,(H,28,32)(H,29,31)/t22-,23-/m0/s1. The van der Waals surface area contributed by atoms with Crippen molar-refractivity contribution in [1.82, 2.24) is 10.6 Å². The van der Waals surface area contributed by atoms with Gasteiger partial charge in [0.25, 0.3) is 5.91 Å². The SMILES string of the molecule is O=C(N[C@@H](Cc1ccc(F)cc1)C(=O)N[C@H](CO)Cc1ccccc1)c1ccc(F)cc1. The molecule has 0 fully saturated rings. The third-order valence-electron chi connectivity index (χ3n) is 4.97. The lowest BCUT2D eigenvalue weighted by Gasteiger charge is -2.23. The van der Waals surface area contributed by atoms with Crippen LogP contribution in [0, 0.1) is 11.6 Å². The maximum Gasteiger partial charge on any atom is 0.251 e. The van der Waals surface area contributed by atoms with E-state index in [0.717, 1.165) is 17.7 Å². The first-order valence-electron chi connectivity index (χ1n) is 10.2. The second-order valence-electron chi connectivity index (χ2n) is 7.44. The monoisotopic (exact) mass is 438 g/mol. The van der Waals surface area contributed by atoms with Crippen LogP contribution in [0.15, 0.2) is 78.9 Å². The second-order valence-corrected chi connectivity index (χ2v) is 7.44. The van der Waals surface area contributed by atoms with Crippen LogP contribution in [0.3, 0.4) is 0 Å². The molecule has 0 aliphatic rings. The lowest BCUT2D eigenvalue weighted by Crippen LogP contribution is -2.52. The Morgan fingerprint density at radius 1 is 0.750 bits per heavy atom. The summed E-state index contributed by atoms with van der Waals surface area (Å²) in [4.78, 5) is 25.7. The van der Waals surface area contributed by atoms with Gasteiger partial charge in [-0.25, -0.2) is 8.78 Å². The zero-order valence-electron chi connectivity index (χ0n) is 17.3. The van der Waals surface area contributed by atoms with E-state index in [4.69, 9.17) is 0 Å². The van der Waals surface area contributed by atoms with E-state index in [1.165, 1.54) is 36.4 Å². The highest BCUT2D eigenvalue weighted by Gasteiger charge is 2.24. The molecule has 3 N–H and O–H groups in total. The lowest BCUT2D eigenvalue weighted by atomic mass is 10.0. The maximum atomic E-state index is 13.3. The van der Waals surface area contributed by atoms with Gasteiger partial charge in [0.05, 0.1) is 12.6 Å². The Hall–Kier alpha value is -3.58. The Morgan fingerprint density at radius 2 is 1.31 bits per heavy atom. The summed E-state index contributed by atoms with van der Waals surface area (Å²) >= 11 is 0. The van der Waals surface area contributed by atoms with Crippen molar-refractivity contribution in [2.45, 2.75) is 24.9 Å². The summed E-state index contributed by atoms with van der Waals surface area (Å²) in [6, 6.07) is 18.4. The molecule has 2 amide bonds. The first-order valence-corrected chi connectivity index (χ1v) is 10.2. The minimum Gasteiger partial charge on any atom is -0.394 e. The Labute approximate surface area is 185 Å². The van der Waals surface area contributed by atoms with Crippen molar-refractivity contribution in [2.24, 2.45) is 0 Å². The van der Waals surface area contributed by atoms with Gasteiger partial charge in [0, 0.05) is 12.0 Å². The fourth-order valence-corrected chi connectivity index (χ4v) is 3.27. The quantitative estimate of drug-likeness (QED) is 0.481. The van der Waals surface area contributed by atoms with Gasteiger partial charge in [0.2, 0.25) is 5.91 Å². The third kappa shape index (κ3) is 6.72. The number of benzene rings is 3. The molecule has 3 aromatic rings. The van der Waals surface area contributed by atoms with Gasteiger partial charge in [0.15, 0.2) is 0 Å². The largest absolute Gasteiger partial charge is 0.394 e. The normalized spacial score (nSPS) is 12.6. The molecule has 5 nitrogen and oxygen atoms in total. The first kappa shape index (κ1) is 23.1. The molecule has 0 aromatic heterocycles. The molecule has 0 saturated heterocycles. The molecule has 166 valence electrons. The highest BCUT2D eigenvalue weighted by Crippen LogP contribution is 2.10. The van der Waals surface area contributed by atoms with Crippen molar-refractivity contribution in [1.29, 1.82) is 0 Å². The molecule has 2 atom stereocenters. The zero-order valence-corrected chi connectivity index (χ0v) is 17.3. The van der Waals surface area contributed by atoms with Crippen LogP contribution >= 0.6 is 0 Å². The molecule has 0 bridgehead atoms. The number of carbonyl (C=O) groups is 2. The van der Waals surface area contributed by atoms with E-state index in [2.05, 4.69) is 10.6 Å². The van der Waals surface area contributed by atoms with E-state index in [9.17, 15) is 23.5 Å². The van der Waals surface area contributed by atoms with Crippen molar-refractivity contribution in [3.05, 3.63) is 107 Å². The predicted octanol–water partition coefficient (Wildman–Crippen LogP) is 3.03. The molecule has 7 heteroatoms. The van der Waals surface area contributed by atoms with Crippen LogP contribution < -0.4 is 10.6 Å². The van der Waals surface area contributed by atoms with Gasteiger partial charge in [-0.2, -0.15) is 0 Å². The Kier molecular flexibility index (Phi) is 8.05. The number of amides is 2. The van der Waals surface area contributed by atoms with Crippen molar-refractivity contribution >= 4 is 11.8 Å². The van der Waals surface area contributed by atoms with Crippen LogP contribution in [-0.4, -0.2) is 35.6 Å². The van der Waals surface area contributed by atoms with Crippen LogP contribution in [0.25, 0.3) is 0 Å². The summed E-state index contributed by atoms with van der Waals surface area (Å²) in [6.45, 7) is -0.282. The highest BCUT2D eigenvalue weighted by atomic mass is 19.1. The van der Waals surface area contributed by atoms with Gasteiger partial charge in [0.1, 0.15) is 17.7 Å². The Bertz CT molecular complexity index is 1030. The average molecular weight is 438 g/mol. The molecule has 0 spiro atoms. The average Bonchev–Trinajstić information content (AvgIpc) is 2.80. The van der Waals surface area contributed by atoms with E-state index in [0.29, 0.717) is 12.0 Å². The second kappa shape index (κ2) is 11.2. The molecule has 0 saturated carbocycles. The minimum atomic E-state index is -0.983. The predicted molar refractivity (Wildman–Crippen MR) is 117 cm³/mol. The summed E-state index contributed by atoms with van der Waals surface area (Å²) in [6.07, 6.45) is 0.529. The Balaban J connectivity index is 1.74. The molecule has 0 aliphatic carbocycles. The zero-order chi connectivity index (χ0) is 22.9. The molecule has 0 heterocycles. The Morgan fingerprint density at radius 3 is 1.91 bits per heavy atom. The summed E-state index contributed by atoms with van der Waals surface area (Å²) in [5.41, 5.74) is 1.79. The maximum absolute atomic E-state index is 13.3. The number of rotatable bonds is 9. The summed E-state index contributed by atoms with van der Waals surface area (Å²) in [5.74, 6) is -1.92.